The molecule has 2 saturated heterocycles. The Hall–Kier alpha value is -0.420. The molecule has 4 heteroatoms. The van der Waals surface area contributed by atoms with Crippen molar-refractivity contribution in [3.8, 4) is 0 Å². The lowest BCUT2D eigenvalue weighted by molar-refractivity contribution is -0.101. The zero-order chi connectivity index (χ0) is 12.4. The van der Waals surface area contributed by atoms with Gasteiger partial charge < -0.3 is 15.2 Å². The Labute approximate surface area is 112 Å². The Morgan fingerprint density at radius 1 is 1.50 bits per heavy atom. The van der Waals surface area contributed by atoms with Gasteiger partial charge in [0.25, 0.3) is 0 Å². The van der Waals surface area contributed by atoms with Crippen molar-refractivity contribution in [3.63, 3.8) is 0 Å². The fraction of sp³-hybridized carbons (Fsp3) is 0.714. The van der Waals surface area contributed by atoms with E-state index in [1.165, 1.54) is 5.56 Å². The van der Waals surface area contributed by atoms with Crippen LogP contribution in [0.25, 0.3) is 0 Å². The van der Waals surface area contributed by atoms with Crippen LogP contribution in [-0.4, -0.2) is 31.5 Å². The summed E-state index contributed by atoms with van der Waals surface area (Å²) < 4.78 is 11.5. The Balaban J connectivity index is 1.61. The third kappa shape index (κ3) is 2.62. The van der Waals surface area contributed by atoms with Crippen LogP contribution in [0.4, 0.5) is 0 Å². The van der Waals surface area contributed by atoms with Gasteiger partial charge in [-0.2, -0.15) is 11.3 Å². The maximum absolute atomic E-state index is 6.40. The number of hydrogen-bond donors (Lipinski definition) is 1. The summed E-state index contributed by atoms with van der Waals surface area (Å²) in [7, 11) is 0. The molecule has 0 bridgehead atoms. The van der Waals surface area contributed by atoms with E-state index in [4.69, 9.17) is 15.2 Å². The summed E-state index contributed by atoms with van der Waals surface area (Å²) in [6.45, 7) is 2.44. The second kappa shape index (κ2) is 5.29. The van der Waals surface area contributed by atoms with E-state index in [1.54, 1.807) is 11.3 Å². The van der Waals surface area contributed by atoms with E-state index in [-0.39, 0.29) is 11.6 Å². The Morgan fingerprint density at radius 3 is 3.17 bits per heavy atom. The highest BCUT2D eigenvalue weighted by atomic mass is 32.1. The minimum absolute atomic E-state index is 0.0187. The van der Waals surface area contributed by atoms with Crippen LogP contribution in [0.15, 0.2) is 16.8 Å². The Kier molecular flexibility index (Phi) is 3.71. The molecule has 2 aliphatic rings. The molecule has 0 radical (unpaired) electrons. The lowest BCUT2D eigenvalue weighted by Crippen LogP contribution is -2.46. The van der Waals surface area contributed by atoms with Crippen molar-refractivity contribution in [2.45, 2.75) is 37.3 Å². The van der Waals surface area contributed by atoms with Gasteiger partial charge in [-0.3, -0.25) is 0 Å². The van der Waals surface area contributed by atoms with Crippen molar-refractivity contribution in [1.82, 2.24) is 0 Å². The Bertz CT molecular complexity index is 373. The number of thiophene rings is 1. The highest BCUT2D eigenvalue weighted by Crippen LogP contribution is 2.37. The molecule has 2 N–H and O–H groups in total. The standard InChI is InChI=1S/C14H21NO2S/c15-13(7-11-2-6-18-9-11)12-1-4-17-14(8-12)3-5-16-10-14/h2,6,9,12-13H,1,3-5,7-8,10,15H2. The zero-order valence-corrected chi connectivity index (χ0v) is 11.5. The molecule has 3 rings (SSSR count). The summed E-state index contributed by atoms with van der Waals surface area (Å²) in [5.74, 6) is 0.570. The van der Waals surface area contributed by atoms with Crippen molar-refractivity contribution >= 4 is 11.3 Å². The van der Waals surface area contributed by atoms with Gasteiger partial charge in [0.05, 0.1) is 12.2 Å². The van der Waals surface area contributed by atoms with Crippen molar-refractivity contribution < 1.29 is 9.47 Å². The predicted molar refractivity (Wildman–Crippen MR) is 72.8 cm³/mol. The lowest BCUT2D eigenvalue weighted by Gasteiger charge is -2.39. The van der Waals surface area contributed by atoms with Crippen LogP contribution in [0.5, 0.6) is 0 Å². The number of hydrogen-bond acceptors (Lipinski definition) is 4. The predicted octanol–water partition coefficient (Wildman–Crippen LogP) is 2.20. The minimum atomic E-state index is -0.0187. The number of rotatable bonds is 3. The van der Waals surface area contributed by atoms with E-state index in [0.29, 0.717) is 5.92 Å². The van der Waals surface area contributed by atoms with Crippen LogP contribution in [0.2, 0.25) is 0 Å². The quantitative estimate of drug-likeness (QED) is 0.913. The topological polar surface area (TPSA) is 44.5 Å². The molecule has 3 heterocycles. The average Bonchev–Trinajstić information content (AvgIpc) is 3.02. The van der Waals surface area contributed by atoms with E-state index < -0.39 is 0 Å². The molecule has 0 saturated carbocycles. The molecule has 2 fully saturated rings. The third-order valence-corrected chi connectivity index (χ3v) is 4.99. The summed E-state index contributed by atoms with van der Waals surface area (Å²) in [6.07, 6.45) is 4.19. The van der Waals surface area contributed by atoms with Crippen LogP contribution >= 0.6 is 11.3 Å². The summed E-state index contributed by atoms with van der Waals surface area (Å²) in [6, 6.07) is 2.43. The first-order valence-electron chi connectivity index (χ1n) is 6.76. The van der Waals surface area contributed by atoms with Gasteiger partial charge in [0.1, 0.15) is 0 Å². The van der Waals surface area contributed by atoms with Gasteiger partial charge in [-0.25, -0.2) is 0 Å². The largest absolute Gasteiger partial charge is 0.378 e. The molecule has 1 spiro atoms. The summed E-state index contributed by atoms with van der Waals surface area (Å²) >= 11 is 1.75. The highest BCUT2D eigenvalue weighted by Gasteiger charge is 2.42. The third-order valence-electron chi connectivity index (χ3n) is 4.26. The van der Waals surface area contributed by atoms with E-state index >= 15 is 0 Å². The van der Waals surface area contributed by atoms with Gasteiger partial charge >= 0.3 is 0 Å². The summed E-state index contributed by atoms with van der Waals surface area (Å²) in [4.78, 5) is 0. The molecule has 0 amide bonds. The normalized spacial score (nSPS) is 33.9. The molecule has 100 valence electrons. The molecule has 2 aliphatic heterocycles. The Morgan fingerprint density at radius 2 is 2.44 bits per heavy atom. The van der Waals surface area contributed by atoms with Gasteiger partial charge in [-0.05, 0) is 47.6 Å². The lowest BCUT2D eigenvalue weighted by atomic mass is 9.80. The van der Waals surface area contributed by atoms with Gasteiger partial charge in [0.2, 0.25) is 0 Å². The number of ether oxygens (including phenoxy) is 2. The van der Waals surface area contributed by atoms with E-state index in [0.717, 1.165) is 45.5 Å². The fourth-order valence-electron chi connectivity index (χ4n) is 3.14. The average molecular weight is 267 g/mol. The van der Waals surface area contributed by atoms with Crippen LogP contribution < -0.4 is 5.73 Å². The molecular formula is C14H21NO2S. The molecule has 1 aromatic heterocycles. The van der Waals surface area contributed by atoms with Crippen LogP contribution in [0.1, 0.15) is 24.8 Å². The zero-order valence-electron chi connectivity index (χ0n) is 10.6. The van der Waals surface area contributed by atoms with Gasteiger partial charge in [0, 0.05) is 25.7 Å². The molecule has 3 nitrogen and oxygen atoms in total. The summed E-state index contributed by atoms with van der Waals surface area (Å²) in [5.41, 5.74) is 7.75. The highest BCUT2D eigenvalue weighted by molar-refractivity contribution is 7.07. The van der Waals surface area contributed by atoms with Crippen LogP contribution in [-0.2, 0) is 15.9 Å². The van der Waals surface area contributed by atoms with E-state index in [9.17, 15) is 0 Å². The molecular weight excluding hydrogens is 246 g/mol. The number of nitrogens with two attached hydrogens (primary N) is 1. The van der Waals surface area contributed by atoms with Crippen LogP contribution in [0.3, 0.4) is 0 Å². The first-order valence-corrected chi connectivity index (χ1v) is 7.70. The monoisotopic (exact) mass is 267 g/mol. The first kappa shape index (κ1) is 12.6. The maximum atomic E-state index is 6.40. The maximum Gasteiger partial charge on any atom is 0.0939 e. The fourth-order valence-corrected chi connectivity index (χ4v) is 3.82. The van der Waals surface area contributed by atoms with Crippen molar-refractivity contribution in [2.24, 2.45) is 11.7 Å². The van der Waals surface area contributed by atoms with Crippen molar-refractivity contribution in [1.29, 1.82) is 0 Å². The van der Waals surface area contributed by atoms with E-state index in [2.05, 4.69) is 16.8 Å². The SMILES string of the molecule is NC(Cc1ccsc1)C1CCOC2(CCOC2)C1. The molecule has 3 unspecified atom stereocenters. The molecule has 18 heavy (non-hydrogen) atoms. The van der Waals surface area contributed by atoms with Gasteiger partial charge in [-0.1, -0.05) is 0 Å². The smallest absolute Gasteiger partial charge is 0.0939 e. The van der Waals surface area contributed by atoms with Gasteiger partial charge in [-0.15, -0.1) is 0 Å². The van der Waals surface area contributed by atoms with Crippen LogP contribution in [0, 0.1) is 5.92 Å². The van der Waals surface area contributed by atoms with Gasteiger partial charge in [0.15, 0.2) is 0 Å². The second-order valence-electron chi connectivity index (χ2n) is 5.59. The molecule has 1 aromatic rings. The van der Waals surface area contributed by atoms with Crippen molar-refractivity contribution in [3.05, 3.63) is 22.4 Å². The van der Waals surface area contributed by atoms with Crippen molar-refractivity contribution in [2.75, 3.05) is 19.8 Å². The molecule has 0 aliphatic carbocycles. The molecule has 0 aromatic carbocycles. The second-order valence-corrected chi connectivity index (χ2v) is 6.37. The minimum Gasteiger partial charge on any atom is -0.378 e. The molecule has 3 atom stereocenters. The summed E-state index contributed by atoms with van der Waals surface area (Å²) in [5, 5.41) is 4.33. The first-order chi connectivity index (χ1) is 8.77. The van der Waals surface area contributed by atoms with E-state index in [1.807, 2.05) is 0 Å².